The number of aliphatic carboxylic acids is 1. The quantitative estimate of drug-likeness (QED) is 0.188. The molecule has 0 amide bonds. The van der Waals surface area contributed by atoms with Gasteiger partial charge in [0.2, 0.25) is 0 Å². The fourth-order valence-electron chi connectivity index (χ4n) is 5.44. The highest BCUT2D eigenvalue weighted by molar-refractivity contribution is 6.31. The van der Waals surface area contributed by atoms with Gasteiger partial charge in [-0.3, -0.25) is 0 Å². The molecule has 3 saturated heterocycles. The highest BCUT2D eigenvalue weighted by atomic mass is 35.5. The molecule has 0 aromatic heterocycles. The van der Waals surface area contributed by atoms with Crippen molar-refractivity contribution < 1.29 is 64.2 Å². The molecule has 3 aliphatic heterocycles. The zero-order valence-electron chi connectivity index (χ0n) is 22.9. The summed E-state index contributed by atoms with van der Waals surface area (Å²) in [6.45, 7) is 0.582. The first-order valence-corrected chi connectivity index (χ1v) is 14.3. The molecule has 2 aromatic carbocycles. The fourth-order valence-corrected chi connectivity index (χ4v) is 5.63. The van der Waals surface area contributed by atoms with Crippen LogP contribution >= 0.6 is 11.6 Å². The average Bonchev–Trinajstić information content (AvgIpc) is 3.51. The topological polar surface area (TPSA) is 205 Å². The van der Waals surface area contributed by atoms with Gasteiger partial charge in [0.1, 0.15) is 60.7 Å². The number of hydrogen-bond donors (Lipinski definition) is 7. The van der Waals surface area contributed by atoms with Crippen molar-refractivity contribution in [2.24, 2.45) is 0 Å². The second-order valence-corrected chi connectivity index (χ2v) is 11.3. The van der Waals surface area contributed by atoms with Gasteiger partial charge in [-0.05, 0) is 41.3 Å². The molecule has 3 aliphatic rings. The van der Waals surface area contributed by atoms with Gasteiger partial charge in [-0.15, -0.1) is 0 Å². The predicted octanol–water partition coefficient (Wildman–Crippen LogP) is -0.470. The summed E-state index contributed by atoms with van der Waals surface area (Å²) in [5.74, 6) is -0.897. The Kier molecular flexibility index (Phi) is 10.2. The van der Waals surface area contributed by atoms with Crippen LogP contribution in [0.3, 0.4) is 0 Å². The Morgan fingerprint density at radius 1 is 0.930 bits per heavy atom. The summed E-state index contributed by atoms with van der Waals surface area (Å²) in [7, 11) is 0. The van der Waals surface area contributed by atoms with Gasteiger partial charge in [-0.2, -0.15) is 0 Å². The monoisotopic (exact) mass is 626 g/mol. The van der Waals surface area contributed by atoms with E-state index in [1.165, 1.54) is 0 Å². The lowest BCUT2D eigenvalue weighted by molar-refractivity contribution is -0.337. The van der Waals surface area contributed by atoms with Crippen LogP contribution in [0.5, 0.6) is 5.75 Å². The lowest BCUT2D eigenvalue weighted by Crippen LogP contribution is -2.63. The van der Waals surface area contributed by atoms with Crippen molar-refractivity contribution in [3.63, 3.8) is 0 Å². The predicted molar refractivity (Wildman–Crippen MR) is 146 cm³/mol. The summed E-state index contributed by atoms with van der Waals surface area (Å²) in [6.07, 6.45) is -15.5. The third-order valence-electron chi connectivity index (χ3n) is 7.88. The van der Waals surface area contributed by atoms with Crippen LogP contribution in [0.4, 0.5) is 0 Å². The highest BCUT2D eigenvalue weighted by Crippen LogP contribution is 2.38. The summed E-state index contributed by atoms with van der Waals surface area (Å²) in [5, 5.41) is 71.9. The summed E-state index contributed by atoms with van der Waals surface area (Å²) >= 11 is 6.52. The number of carboxylic acids is 1. The number of aliphatic hydroxyl groups is 6. The Labute approximate surface area is 251 Å². The Bertz CT molecular complexity index is 1240. The molecular weight excluding hydrogens is 592 g/mol. The second-order valence-electron chi connectivity index (χ2n) is 10.9. The zero-order valence-corrected chi connectivity index (χ0v) is 23.6. The van der Waals surface area contributed by atoms with Gasteiger partial charge in [0.05, 0.1) is 19.8 Å². The molecule has 7 N–H and O–H groups in total. The largest absolute Gasteiger partial charge is 0.488 e. The maximum atomic E-state index is 11.6. The average molecular weight is 627 g/mol. The van der Waals surface area contributed by atoms with Gasteiger partial charge in [-0.25, -0.2) is 4.79 Å². The first kappa shape index (κ1) is 32.0. The van der Waals surface area contributed by atoms with Crippen LogP contribution in [0.2, 0.25) is 5.02 Å². The van der Waals surface area contributed by atoms with E-state index in [4.69, 9.17) is 35.3 Å². The van der Waals surface area contributed by atoms with Crippen molar-refractivity contribution in [3.8, 4) is 5.75 Å². The molecule has 0 spiro atoms. The maximum absolute atomic E-state index is 11.6. The lowest BCUT2D eigenvalue weighted by atomic mass is 9.89. The minimum absolute atomic E-state index is 0.0164. The fraction of sp³-hybridized carbons (Fsp3) is 0.552. The van der Waals surface area contributed by atoms with E-state index in [2.05, 4.69) is 0 Å². The molecule has 3 fully saturated rings. The molecule has 1 unspecified atom stereocenters. The molecule has 236 valence electrons. The second kappa shape index (κ2) is 13.7. The zero-order chi connectivity index (χ0) is 30.8. The van der Waals surface area contributed by atoms with E-state index in [-0.39, 0.29) is 6.10 Å². The minimum Gasteiger partial charge on any atom is -0.488 e. The molecule has 11 atom stereocenters. The Hall–Kier alpha value is -2.40. The van der Waals surface area contributed by atoms with Crippen LogP contribution in [0.25, 0.3) is 0 Å². The number of ether oxygens (including phenoxy) is 5. The van der Waals surface area contributed by atoms with E-state index < -0.39 is 73.8 Å². The summed E-state index contributed by atoms with van der Waals surface area (Å²) in [5.41, 5.74) is 2.02. The number of hydrogen-bond acceptors (Lipinski definition) is 12. The molecular formula is C29H35ClO13. The van der Waals surface area contributed by atoms with E-state index in [1.807, 2.05) is 24.3 Å². The van der Waals surface area contributed by atoms with Crippen molar-refractivity contribution in [3.05, 3.63) is 64.2 Å². The smallest absolute Gasteiger partial charge is 0.335 e. The van der Waals surface area contributed by atoms with Crippen LogP contribution in [0.1, 0.15) is 29.2 Å². The van der Waals surface area contributed by atoms with Crippen LogP contribution < -0.4 is 4.74 Å². The van der Waals surface area contributed by atoms with Crippen molar-refractivity contribution in [1.82, 2.24) is 0 Å². The molecule has 43 heavy (non-hydrogen) atoms. The van der Waals surface area contributed by atoms with Gasteiger partial charge < -0.3 is 59.4 Å². The molecule has 5 rings (SSSR count). The van der Waals surface area contributed by atoms with Crippen molar-refractivity contribution in [2.75, 3.05) is 19.8 Å². The summed E-state index contributed by atoms with van der Waals surface area (Å²) in [4.78, 5) is 11.6. The number of halogens is 1. The number of carbonyl (C=O) groups is 1. The van der Waals surface area contributed by atoms with E-state index in [9.17, 15) is 40.5 Å². The van der Waals surface area contributed by atoms with Crippen molar-refractivity contribution >= 4 is 17.6 Å². The van der Waals surface area contributed by atoms with Crippen molar-refractivity contribution in [2.45, 2.75) is 80.2 Å². The molecule has 3 heterocycles. The summed E-state index contributed by atoms with van der Waals surface area (Å²) in [6, 6.07) is 12.4. The van der Waals surface area contributed by atoms with E-state index in [1.54, 1.807) is 18.2 Å². The van der Waals surface area contributed by atoms with Gasteiger partial charge in [0.25, 0.3) is 0 Å². The number of carboxylic acid groups (broad SMARTS) is 1. The summed E-state index contributed by atoms with van der Waals surface area (Å²) < 4.78 is 28.2. The van der Waals surface area contributed by atoms with Gasteiger partial charge in [-0.1, -0.05) is 35.9 Å². The molecule has 0 aliphatic carbocycles. The molecule has 2 aromatic rings. The SMILES string of the molecule is O=C(O)[C@H]1O[C@@H](O[C@@H]2C(O)[C@H](O)[C@@H](CO)O[C@H]2c2ccc(Cl)c(Cc3ccc(O[C@H]4CCOC4)cc3)c2)[C@H](O)[C@@H](O)[C@@H]1O. The van der Waals surface area contributed by atoms with E-state index in [0.29, 0.717) is 41.5 Å². The molecule has 13 nitrogen and oxygen atoms in total. The Morgan fingerprint density at radius 3 is 2.33 bits per heavy atom. The van der Waals surface area contributed by atoms with Crippen LogP contribution in [-0.2, 0) is 30.2 Å². The molecule has 0 radical (unpaired) electrons. The molecule has 14 heteroatoms. The number of aliphatic hydroxyl groups excluding tert-OH is 6. The van der Waals surface area contributed by atoms with Gasteiger partial charge in [0, 0.05) is 11.4 Å². The highest BCUT2D eigenvalue weighted by Gasteiger charge is 2.52. The van der Waals surface area contributed by atoms with Crippen molar-refractivity contribution in [1.29, 1.82) is 0 Å². The lowest BCUT2D eigenvalue weighted by Gasteiger charge is -2.46. The van der Waals surface area contributed by atoms with E-state index >= 15 is 0 Å². The van der Waals surface area contributed by atoms with E-state index in [0.717, 1.165) is 12.0 Å². The Morgan fingerprint density at radius 2 is 1.67 bits per heavy atom. The first-order valence-electron chi connectivity index (χ1n) is 13.9. The third kappa shape index (κ3) is 6.97. The van der Waals surface area contributed by atoms with Crippen LogP contribution in [-0.4, -0.2) is 123 Å². The minimum atomic E-state index is -1.95. The number of benzene rings is 2. The maximum Gasteiger partial charge on any atom is 0.335 e. The standard InChI is InChI=1S/C29H35ClO13/c30-18-6-3-14(10-15(18)9-13-1-4-16(5-2-13)40-17-7-8-39-12-17)25-26(22(34)20(32)19(11-31)41-25)42-29-24(36)21(33)23(35)27(43-29)28(37)38/h1-6,10,17,19-27,29,31-36H,7-9,11-12H2,(H,37,38)/t17-,19+,20+,21-,22?,23-,24+,25-,26+,27-,29+/m0/s1. The van der Waals surface area contributed by atoms with Gasteiger partial charge in [0.15, 0.2) is 12.4 Å². The normalized spacial score (nSPS) is 36.4. The van der Waals surface area contributed by atoms with Crippen LogP contribution in [0, 0.1) is 0 Å². The Balaban J connectivity index is 1.38. The van der Waals surface area contributed by atoms with Crippen LogP contribution in [0.15, 0.2) is 42.5 Å². The first-order chi connectivity index (χ1) is 20.6. The third-order valence-corrected chi connectivity index (χ3v) is 8.25. The number of rotatable bonds is 9. The van der Waals surface area contributed by atoms with Gasteiger partial charge >= 0.3 is 5.97 Å². The molecule has 0 saturated carbocycles. The molecule has 0 bridgehead atoms.